The Bertz CT molecular complexity index is 441. The zero-order chi connectivity index (χ0) is 12.6. The summed E-state index contributed by atoms with van der Waals surface area (Å²) >= 11 is -1.11. The van der Waals surface area contributed by atoms with Crippen LogP contribution in [-0.4, -0.2) is 14.5 Å². The summed E-state index contributed by atoms with van der Waals surface area (Å²) in [7, 11) is 0. The zero-order valence-electron chi connectivity index (χ0n) is 10.9. The molecule has 0 aromatic heterocycles. The van der Waals surface area contributed by atoms with Crippen LogP contribution in [0.1, 0.15) is 12.5 Å². The summed E-state index contributed by atoms with van der Waals surface area (Å²) in [4.78, 5) is 0. The predicted octanol–water partition coefficient (Wildman–Crippen LogP) is 4.32. The first-order valence-electron chi connectivity index (χ1n) is 6.64. The third-order valence-corrected chi connectivity index (χ3v) is 5.55. The molecule has 18 heavy (non-hydrogen) atoms. The number of hydrogen-bond donors (Lipinski definition) is 0. The van der Waals surface area contributed by atoms with E-state index >= 15 is 0 Å². The second kappa shape index (κ2) is 7.26. The normalized spacial score (nSPS) is 10.1. The minimum Gasteiger partial charge on any atom is -0.643 e. The second-order valence-corrected chi connectivity index (χ2v) is 7.36. The molecule has 2 rings (SSSR count). The third-order valence-electron chi connectivity index (χ3n) is 3.10. The maximum Gasteiger partial charge on any atom is 0.546 e. The highest BCUT2D eigenvalue weighted by Gasteiger charge is 2.20. The molecular formula is C16H19AlO. The summed E-state index contributed by atoms with van der Waals surface area (Å²) in [5.74, 6) is 1.03. The highest BCUT2D eigenvalue weighted by atomic mass is 27.2. The van der Waals surface area contributed by atoms with Crippen LogP contribution in [0.25, 0.3) is 0 Å². The standard InChI is InChI=1S/C8H9.C6H6O.C2H5.Al/c1-2-8-6-4-3-5-7-8;7-6-4-2-1-3-5-6;1-2;/h3-7H,1-2H2;1-5,7H;1H2,2H3;/q;;;+1/p-1. The van der Waals surface area contributed by atoms with E-state index in [-0.39, 0.29) is 0 Å². The highest BCUT2D eigenvalue weighted by molar-refractivity contribution is 6.52. The summed E-state index contributed by atoms with van der Waals surface area (Å²) in [5, 5.41) is 2.39. The van der Waals surface area contributed by atoms with Crippen molar-refractivity contribution >= 4 is 14.5 Å². The molecule has 0 heterocycles. The van der Waals surface area contributed by atoms with Crippen LogP contribution in [0.4, 0.5) is 0 Å². The quantitative estimate of drug-likeness (QED) is 0.697. The van der Waals surface area contributed by atoms with E-state index in [4.69, 9.17) is 3.79 Å². The van der Waals surface area contributed by atoms with Crippen LogP contribution in [0.15, 0.2) is 60.7 Å². The lowest BCUT2D eigenvalue weighted by Crippen LogP contribution is -2.21. The van der Waals surface area contributed by atoms with Gasteiger partial charge in [0, 0.05) is 0 Å². The van der Waals surface area contributed by atoms with E-state index in [1.165, 1.54) is 16.1 Å². The lowest BCUT2D eigenvalue weighted by Gasteiger charge is -2.13. The van der Waals surface area contributed by atoms with E-state index in [1.54, 1.807) is 0 Å². The molecule has 0 aliphatic rings. The lowest BCUT2D eigenvalue weighted by molar-refractivity contribution is 0.563. The molecular weight excluding hydrogens is 235 g/mol. The van der Waals surface area contributed by atoms with Crippen LogP contribution < -0.4 is 3.79 Å². The Kier molecular flexibility index (Phi) is 5.33. The van der Waals surface area contributed by atoms with Crippen LogP contribution in [0, 0.1) is 0 Å². The van der Waals surface area contributed by atoms with E-state index in [1.807, 2.05) is 18.2 Å². The van der Waals surface area contributed by atoms with Crippen LogP contribution in [-0.2, 0) is 6.42 Å². The van der Waals surface area contributed by atoms with Crippen molar-refractivity contribution in [3.8, 4) is 5.75 Å². The molecule has 1 nitrogen and oxygen atoms in total. The number of hydrogen-bond acceptors (Lipinski definition) is 1. The number of para-hydroxylation sites is 1. The molecule has 0 saturated heterocycles. The van der Waals surface area contributed by atoms with Crippen molar-refractivity contribution in [2.45, 2.75) is 23.9 Å². The number of aryl methyl sites for hydroxylation is 1. The van der Waals surface area contributed by atoms with Gasteiger partial charge in [-0.05, 0) is 24.1 Å². The molecule has 0 spiro atoms. The monoisotopic (exact) mass is 254 g/mol. The molecule has 0 atom stereocenters. The van der Waals surface area contributed by atoms with Crippen molar-refractivity contribution in [3.63, 3.8) is 0 Å². The summed E-state index contributed by atoms with van der Waals surface area (Å²) in [6, 6.07) is 20.9. The Morgan fingerprint density at radius 1 is 0.889 bits per heavy atom. The van der Waals surface area contributed by atoms with Crippen LogP contribution in [0.3, 0.4) is 0 Å². The summed E-state index contributed by atoms with van der Waals surface area (Å²) in [6.45, 7) is 2.24. The van der Waals surface area contributed by atoms with Crippen molar-refractivity contribution < 1.29 is 3.79 Å². The molecule has 0 radical (unpaired) electrons. The highest BCUT2D eigenvalue weighted by Crippen LogP contribution is 2.15. The molecule has 92 valence electrons. The Balaban J connectivity index is 1.86. The molecule has 0 unspecified atom stereocenters. The Hall–Kier alpha value is -1.23. The van der Waals surface area contributed by atoms with E-state index in [2.05, 4.69) is 49.4 Å². The van der Waals surface area contributed by atoms with Gasteiger partial charge in [-0.2, -0.15) is 0 Å². The fourth-order valence-corrected chi connectivity index (χ4v) is 3.90. The van der Waals surface area contributed by atoms with Gasteiger partial charge in [0.2, 0.25) is 0 Å². The minimum atomic E-state index is -1.11. The molecule has 0 bridgehead atoms. The Morgan fingerprint density at radius 3 is 2.11 bits per heavy atom. The first-order chi connectivity index (χ1) is 8.88. The number of rotatable bonds is 6. The van der Waals surface area contributed by atoms with Gasteiger partial charge in [0.25, 0.3) is 0 Å². The van der Waals surface area contributed by atoms with E-state index in [9.17, 15) is 0 Å². The van der Waals surface area contributed by atoms with Gasteiger partial charge in [-0.15, -0.1) is 0 Å². The van der Waals surface area contributed by atoms with E-state index in [0.717, 1.165) is 12.2 Å². The molecule has 0 fully saturated rings. The first kappa shape index (κ1) is 13.2. The molecule has 0 aliphatic heterocycles. The van der Waals surface area contributed by atoms with Crippen molar-refractivity contribution in [2.24, 2.45) is 0 Å². The summed E-state index contributed by atoms with van der Waals surface area (Å²) in [5.41, 5.74) is 1.42. The topological polar surface area (TPSA) is 9.23 Å². The summed E-state index contributed by atoms with van der Waals surface area (Å²) < 4.78 is 6.12. The molecule has 2 heteroatoms. The van der Waals surface area contributed by atoms with Crippen LogP contribution in [0.5, 0.6) is 5.75 Å². The minimum absolute atomic E-state index is 1.03. The fourth-order valence-electron chi connectivity index (χ4n) is 2.01. The van der Waals surface area contributed by atoms with Gasteiger partial charge in [0.05, 0.1) is 5.75 Å². The molecule has 0 amide bonds. The molecule has 2 aromatic carbocycles. The van der Waals surface area contributed by atoms with Gasteiger partial charge in [-0.3, -0.25) is 0 Å². The van der Waals surface area contributed by atoms with Gasteiger partial charge < -0.3 is 3.79 Å². The van der Waals surface area contributed by atoms with E-state index in [0.29, 0.717) is 0 Å². The van der Waals surface area contributed by atoms with Gasteiger partial charge in [0.15, 0.2) is 0 Å². The Labute approximate surface area is 114 Å². The largest absolute Gasteiger partial charge is 0.643 e. The lowest BCUT2D eigenvalue weighted by atomic mass is 10.2. The maximum atomic E-state index is 6.12. The predicted molar refractivity (Wildman–Crippen MR) is 78.3 cm³/mol. The molecule has 0 aliphatic carbocycles. The molecule has 0 N–H and O–H groups in total. The van der Waals surface area contributed by atoms with Crippen LogP contribution in [0.2, 0.25) is 10.6 Å². The average molecular weight is 254 g/mol. The second-order valence-electron chi connectivity index (χ2n) is 4.49. The number of benzene rings is 2. The van der Waals surface area contributed by atoms with Gasteiger partial charge in [0.1, 0.15) is 0 Å². The van der Waals surface area contributed by atoms with Crippen LogP contribution >= 0.6 is 0 Å². The van der Waals surface area contributed by atoms with Crippen molar-refractivity contribution in [1.29, 1.82) is 0 Å². The van der Waals surface area contributed by atoms with E-state index < -0.39 is 14.5 Å². The first-order valence-corrected chi connectivity index (χ1v) is 8.74. The Morgan fingerprint density at radius 2 is 1.50 bits per heavy atom. The molecule has 2 aromatic rings. The zero-order valence-corrected chi connectivity index (χ0v) is 12.0. The van der Waals surface area contributed by atoms with Gasteiger partial charge >= 0.3 is 14.5 Å². The SMILES string of the molecule is C[CH2][Al]([CH2]Cc1ccccc1)[O]c1ccccc1. The van der Waals surface area contributed by atoms with Crippen molar-refractivity contribution in [3.05, 3.63) is 66.2 Å². The smallest absolute Gasteiger partial charge is 0.546 e. The maximum absolute atomic E-state index is 6.12. The van der Waals surface area contributed by atoms with Gasteiger partial charge in [-0.25, -0.2) is 0 Å². The third kappa shape index (κ3) is 4.22. The van der Waals surface area contributed by atoms with Crippen molar-refractivity contribution in [2.75, 3.05) is 0 Å². The summed E-state index contributed by atoms with van der Waals surface area (Å²) in [6.07, 6.45) is 1.14. The van der Waals surface area contributed by atoms with Crippen molar-refractivity contribution in [1.82, 2.24) is 0 Å². The average Bonchev–Trinajstić information content (AvgIpc) is 2.45. The fraction of sp³-hybridized carbons (Fsp3) is 0.250. The van der Waals surface area contributed by atoms with Gasteiger partial charge in [-0.1, -0.05) is 66.0 Å². The molecule has 0 saturated carbocycles.